The summed E-state index contributed by atoms with van der Waals surface area (Å²) in [4.78, 5) is 72.0. The van der Waals surface area contributed by atoms with E-state index in [2.05, 4.69) is 88.2 Å². The third-order valence-electron chi connectivity index (χ3n) is 12.1. The second-order valence-electron chi connectivity index (χ2n) is 16.6. The smallest absolute Gasteiger partial charge is 0.407 e. The van der Waals surface area contributed by atoms with E-state index in [0.29, 0.717) is 24.5 Å². The maximum absolute atomic E-state index is 14.1. The topological polar surface area (TPSA) is 175 Å². The van der Waals surface area contributed by atoms with Gasteiger partial charge >= 0.3 is 12.2 Å². The van der Waals surface area contributed by atoms with E-state index in [1.165, 1.54) is 14.2 Å². The van der Waals surface area contributed by atoms with Gasteiger partial charge in [-0.05, 0) is 76.3 Å². The summed E-state index contributed by atoms with van der Waals surface area (Å²) in [6.45, 7) is 7.05. The van der Waals surface area contributed by atoms with Crippen LogP contribution in [0.15, 0.2) is 103 Å². The Labute approximate surface area is 360 Å². The van der Waals surface area contributed by atoms with Crippen LogP contribution in [-0.4, -0.2) is 87.1 Å². The minimum atomic E-state index is -0.892. The molecule has 0 unspecified atom stereocenters. The van der Waals surface area contributed by atoms with Crippen LogP contribution < -0.4 is 10.6 Å². The first kappa shape index (κ1) is 41.8. The number of aromatic nitrogens is 4. The molecule has 4 aromatic carbocycles. The number of methoxy groups -OCH3 is 2. The number of benzene rings is 4. The van der Waals surface area contributed by atoms with Crippen LogP contribution in [0.3, 0.4) is 0 Å². The van der Waals surface area contributed by atoms with Gasteiger partial charge in [0.2, 0.25) is 5.91 Å². The Bertz CT molecular complexity index is 2570. The molecule has 8 rings (SSSR count). The molecule has 4 heterocycles. The Hall–Kier alpha value is -6.96. The molecule has 0 spiro atoms. The van der Waals surface area contributed by atoms with Crippen LogP contribution in [0.5, 0.6) is 0 Å². The minimum Gasteiger partial charge on any atom is -0.453 e. The number of fused-ring (bicyclic) bond motifs is 1. The molecule has 0 bridgehead atoms. The van der Waals surface area contributed by atoms with Crippen molar-refractivity contribution >= 4 is 34.8 Å². The van der Waals surface area contributed by atoms with Gasteiger partial charge in [0.05, 0.1) is 50.1 Å². The minimum absolute atomic E-state index is 0.109. The highest BCUT2D eigenvalue weighted by Crippen LogP contribution is 2.38. The predicted molar refractivity (Wildman–Crippen MR) is 235 cm³/mol. The molecule has 14 nitrogen and oxygen atoms in total. The van der Waals surface area contributed by atoms with E-state index < -0.39 is 24.3 Å². The zero-order valence-corrected chi connectivity index (χ0v) is 35.6. The molecule has 2 fully saturated rings. The molecule has 4 amide bonds. The fourth-order valence-corrected chi connectivity index (χ4v) is 8.76. The van der Waals surface area contributed by atoms with Crippen molar-refractivity contribution in [1.82, 2.24) is 40.4 Å². The summed E-state index contributed by atoms with van der Waals surface area (Å²) in [7, 11) is 2.58. The second-order valence-corrected chi connectivity index (χ2v) is 16.6. The summed E-state index contributed by atoms with van der Waals surface area (Å²) in [6.07, 6.45) is 4.70. The molecule has 4 N–H and O–H groups in total. The van der Waals surface area contributed by atoms with Crippen LogP contribution in [0.4, 0.5) is 9.59 Å². The van der Waals surface area contributed by atoms with Gasteiger partial charge < -0.3 is 39.9 Å². The van der Waals surface area contributed by atoms with Gasteiger partial charge in [-0.15, -0.1) is 0 Å². The lowest BCUT2D eigenvalue weighted by molar-refractivity contribution is -0.136. The number of carbonyl (C=O) groups is 4. The van der Waals surface area contributed by atoms with Gasteiger partial charge in [0.25, 0.3) is 5.91 Å². The van der Waals surface area contributed by atoms with Gasteiger partial charge in [-0.2, -0.15) is 0 Å². The monoisotopic (exact) mass is 836 g/mol. The summed E-state index contributed by atoms with van der Waals surface area (Å²) >= 11 is 0. The number of hydrogen-bond donors (Lipinski definition) is 4. The molecule has 2 aliphatic rings. The fourth-order valence-electron chi connectivity index (χ4n) is 8.76. The van der Waals surface area contributed by atoms with Crippen LogP contribution in [-0.2, 0) is 19.1 Å². The number of imidazole rings is 2. The van der Waals surface area contributed by atoms with Gasteiger partial charge in [-0.1, -0.05) is 99.6 Å². The van der Waals surface area contributed by atoms with Crippen molar-refractivity contribution in [2.24, 2.45) is 11.8 Å². The molecule has 0 radical (unpaired) electrons. The molecule has 62 heavy (non-hydrogen) atoms. The molecule has 2 saturated heterocycles. The summed E-state index contributed by atoms with van der Waals surface area (Å²) < 4.78 is 9.63. The Morgan fingerprint density at radius 2 is 1.27 bits per heavy atom. The predicted octanol–water partition coefficient (Wildman–Crippen LogP) is 8.34. The lowest BCUT2D eigenvalue weighted by atomic mass is 9.98. The van der Waals surface area contributed by atoms with Crippen LogP contribution in [0.2, 0.25) is 0 Å². The Kier molecular flexibility index (Phi) is 12.1. The molecule has 6 aromatic rings. The van der Waals surface area contributed by atoms with E-state index in [1.54, 1.807) is 0 Å². The van der Waals surface area contributed by atoms with Gasteiger partial charge in [-0.25, -0.2) is 19.6 Å². The summed E-state index contributed by atoms with van der Waals surface area (Å²) in [5.41, 5.74) is 6.51. The number of amides is 4. The largest absolute Gasteiger partial charge is 0.453 e. The lowest BCUT2D eigenvalue weighted by Crippen LogP contribution is -2.51. The molecule has 320 valence electrons. The van der Waals surface area contributed by atoms with Gasteiger partial charge in [0.1, 0.15) is 23.7 Å². The molecular formula is C48H52N8O6. The zero-order valence-electron chi connectivity index (χ0n) is 35.6. The number of hydrogen-bond acceptors (Lipinski definition) is 8. The first-order valence-electron chi connectivity index (χ1n) is 21.1. The molecule has 0 aliphatic carbocycles. The van der Waals surface area contributed by atoms with E-state index >= 15 is 0 Å². The van der Waals surface area contributed by atoms with Crippen LogP contribution in [0.1, 0.15) is 75.4 Å². The first-order valence-corrected chi connectivity index (χ1v) is 21.1. The standard InChI is InChI=1S/C48H52N8O6/c1-28(2)41(53-47(59)61-4)45(57)55-21-9-12-39(55)43-49-26-38(52-43)36-20-19-34-23-33(17-18-35(34)24-36)30-13-15-31(16-14-30)37-25-50-44(51-37)40-22-29(3)27-56(40)46(58)42(54-48(60)62-5)32-10-7-6-8-11-32/h6-8,10-11,13-20,23-26,28-29,39-42H,9,12,21-22,27H2,1-5H3,(H,49,52)(H,50,51)(H,53,59)(H,54,60)/t29-,39-,40-,41-,42+/m0/s1. The maximum atomic E-state index is 14.1. The highest BCUT2D eigenvalue weighted by Gasteiger charge is 2.40. The van der Waals surface area contributed by atoms with E-state index in [9.17, 15) is 19.2 Å². The van der Waals surface area contributed by atoms with Gasteiger partial charge in [0, 0.05) is 18.7 Å². The first-order chi connectivity index (χ1) is 30.0. The Morgan fingerprint density at radius 3 is 1.94 bits per heavy atom. The van der Waals surface area contributed by atoms with Crippen molar-refractivity contribution < 1.29 is 28.7 Å². The molecule has 2 aliphatic heterocycles. The number of carbonyl (C=O) groups excluding carboxylic acids is 4. The van der Waals surface area contributed by atoms with Crippen LogP contribution >= 0.6 is 0 Å². The fraction of sp³-hybridized carbons (Fsp3) is 0.333. The van der Waals surface area contributed by atoms with Crippen molar-refractivity contribution in [1.29, 1.82) is 0 Å². The van der Waals surface area contributed by atoms with Crippen LogP contribution in [0, 0.1) is 11.8 Å². The van der Waals surface area contributed by atoms with Crippen molar-refractivity contribution in [2.75, 3.05) is 27.3 Å². The van der Waals surface area contributed by atoms with Gasteiger partial charge in [-0.3, -0.25) is 9.59 Å². The molecule has 14 heteroatoms. The molecular weight excluding hydrogens is 785 g/mol. The van der Waals surface area contributed by atoms with Crippen molar-refractivity contribution in [3.63, 3.8) is 0 Å². The number of ether oxygens (including phenoxy) is 2. The highest BCUT2D eigenvalue weighted by molar-refractivity contribution is 5.91. The lowest BCUT2D eigenvalue weighted by Gasteiger charge is -2.30. The third kappa shape index (κ3) is 8.63. The number of likely N-dealkylation sites (tertiary alicyclic amines) is 2. The average Bonchev–Trinajstić information content (AvgIpc) is 4.14. The van der Waals surface area contributed by atoms with Gasteiger partial charge in [0.15, 0.2) is 0 Å². The van der Waals surface area contributed by atoms with E-state index in [4.69, 9.17) is 19.4 Å². The van der Waals surface area contributed by atoms with E-state index in [0.717, 1.165) is 69.5 Å². The number of nitrogens with zero attached hydrogens (tertiary/aromatic N) is 4. The summed E-state index contributed by atoms with van der Waals surface area (Å²) in [5.74, 6) is 1.21. The van der Waals surface area contributed by atoms with Crippen LogP contribution in [0.25, 0.3) is 44.4 Å². The van der Waals surface area contributed by atoms with Crippen molar-refractivity contribution in [3.8, 4) is 33.6 Å². The Balaban J connectivity index is 0.950. The number of nitrogens with one attached hydrogen (secondary N) is 4. The SMILES string of the molecule is COC(=O)N[C@H](C(=O)N1CCC[C@H]1c1ncc(-c2ccc3cc(-c4ccc(-c5cnc([C@@H]6C[C@H](C)CN6C(=O)[C@H](NC(=O)OC)c6ccccc6)[nH]5)cc4)ccc3c2)[nH]1)C(C)C. The quantitative estimate of drug-likeness (QED) is 0.101. The number of alkyl carbamates (subject to hydrolysis) is 2. The Morgan fingerprint density at radius 1 is 0.694 bits per heavy atom. The molecule has 2 aromatic heterocycles. The molecule has 0 saturated carbocycles. The summed E-state index contributed by atoms with van der Waals surface area (Å²) in [5, 5.41) is 7.62. The summed E-state index contributed by atoms with van der Waals surface area (Å²) in [6, 6.07) is 28.2. The average molecular weight is 837 g/mol. The zero-order chi connectivity index (χ0) is 43.5. The normalized spacial score (nSPS) is 18.5. The number of rotatable bonds is 11. The molecule has 5 atom stereocenters. The van der Waals surface area contributed by atoms with Crippen molar-refractivity contribution in [3.05, 3.63) is 121 Å². The number of aromatic amines is 2. The highest BCUT2D eigenvalue weighted by atomic mass is 16.5. The second kappa shape index (κ2) is 17.9. The van der Waals surface area contributed by atoms with E-state index in [-0.39, 0.29) is 35.7 Å². The number of H-pyrrole nitrogens is 2. The third-order valence-corrected chi connectivity index (χ3v) is 12.1. The van der Waals surface area contributed by atoms with Crippen molar-refractivity contribution in [2.45, 2.75) is 64.2 Å². The maximum Gasteiger partial charge on any atom is 0.407 e. The van der Waals surface area contributed by atoms with E-state index in [1.807, 2.05) is 66.4 Å².